The number of rotatable bonds is 4. The number of carbonyl (C=O) groups excluding carboxylic acids is 1. The van der Waals surface area contributed by atoms with Gasteiger partial charge in [-0.15, -0.1) is 0 Å². The highest BCUT2D eigenvalue weighted by molar-refractivity contribution is 6.30. The Bertz CT molecular complexity index is 695. The van der Waals surface area contributed by atoms with Crippen LogP contribution in [-0.2, 0) is 11.2 Å². The predicted octanol–water partition coefficient (Wildman–Crippen LogP) is 3.24. The number of carbonyl (C=O) groups is 1. The first-order valence-corrected chi connectivity index (χ1v) is 8.45. The smallest absolute Gasteiger partial charge is 0.227 e. The fourth-order valence-corrected chi connectivity index (χ4v) is 3.04. The number of amides is 1. The van der Waals surface area contributed by atoms with Gasteiger partial charge in [0, 0.05) is 43.0 Å². The summed E-state index contributed by atoms with van der Waals surface area (Å²) in [5, 5.41) is 0.693. The van der Waals surface area contributed by atoms with Crippen LogP contribution in [0.2, 0.25) is 5.02 Å². The van der Waals surface area contributed by atoms with Crippen molar-refractivity contribution in [2.45, 2.75) is 6.42 Å². The zero-order valence-electron chi connectivity index (χ0n) is 13.7. The number of nitrogens with zero attached hydrogens (tertiary/aromatic N) is 2. The number of methoxy groups -OCH3 is 1. The van der Waals surface area contributed by atoms with Gasteiger partial charge in [-0.2, -0.15) is 0 Å². The zero-order valence-corrected chi connectivity index (χ0v) is 14.5. The number of benzene rings is 2. The molecule has 0 spiro atoms. The molecule has 1 aliphatic heterocycles. The number of anilines is 1. The van der Waals surface area contributed by atoms with Crippen molar-refractivity contribution in [3.63, 3.8) is 0 Å². The van der Waals surface area contributed by atoms with Crippen LogP contribution in [0, 0.1) is 0 Å². The van der Waals surface area contributed by atoms with Crippen LogP contribution in [0.3, 0.4) is 0 Å². The van der Waals surface area contributed by atoms with Crippen LogP contribution in [-0.4, -0.2) is 44.1 Å². The zero-order chi connectivity index (χ0) is 16.9. The third-order valence-corrected chi connectivity index (χ3v) is 4.57. The summed E-state index contributed by atoms with van der Waals surface area (Å²) in [5.74, 6) is 1.02. The molecule has 126 valence electrons. The van der Waals surface area contributed by atoms with E-state index >= 15 is 0 Å². The van der Waals surface area contributed by atoms with Crippen LogP contribution in [0.1, 0.15) is 5.56 Å². The third kappa shape index (κ3) is 4.01. The van der Waals surface area contributed by atoms with Gasteiger partial charge in [0.2, 0.25) is 5.91 Å². The molecule has 0 atom stereocenters. The molecule has 1 fully saturated rings. The van der Waals surface area contributed by atoms with Crippen LogP contribution in [0.4, 0.5) is 5.69 Å². The highest BCUT2D eigenvalue weighted by Crippen LogP contribution is 2.22. The van der Waals surface area contributed by atoms with Gasteiger partial charge < -0.3 is 14.5 Å². The summed E-state index contributed by atoms with van der Waals surface area (Å²) in [7, 11) is 1.67. The Kier molecular flexibility index (Phi) is 5.26. The van der Waals surface area contributed by atoms with Crippen molar-refractivity contribution >= 4 is 23.2 Å². The maximum absolute atomic E-state index is 12.5. The topological polar surface area (TPSA) is 32.8 Å². The van der Waals surface area contributed by atoms with Gasteiger partial charge in [0.25, 0.3) is 0 Å². The van der Waals surface area contributed by atoms with Gasteiger partial charge in [0.15, 0.2) is 0 Å². The molecule has 0 radical (unpaired) electrons. The lowest BCUT2D eigenvalue weighted by atomic mass is 10.1. The van der Waals surface area contributed by atoms with Gasteiger partial charge in [-0.1, -0.05) is 29.8 Å². The molecule has 0 N–H and O–H groups in total. The first kappa shape index (κ1) is 16.7. The second-order valence-electron chi connectivity index (χ2n) is 5.87. The number of halogens is 1. The minimum Gasteiger partial charge on any atom is -0.497 e. The summed E-state index contributed by atoms with van der Waals surface area (Å²) in [6.07, 6.45) is 0.427. The molecule has 1 aliphatic rings. The molecule has 0 saturated carbocycles. The van der Waals surface area contributed by atoms with Crippen molar-refractivity contribution in [1.29, 1.82) is 0 Å². The highest BCUT2D eigenvalue weighted by atomic mass is 35.5. The lowest BCUT2D eigenvalue weighted by Crippen LogP contribution is -2.49. The fraction of sp³-hybridized carbons (Fsp3) is 0.316. The number of hydrogen-bond donors (Lipinski definition) is 0. The Morgan fingerprint density at radius 2 is 1.79 bits per heavy atom. The van der Waals surface area contributed by atoms with Crippen LogP contribution in [0.5, 0.6) is 5.75 Å². The largest absolute Gasteiger partial charge is 0.497 e. The van der Waals surface area contributed by atoms with Crippen LogP contribution < -0.4 is 9.64 Å². The summed E-state index contributed by atoms with van der Waals surface area (Å²) >= 11 is 5.88. The van der Waals surface area contributed by atoms with Gasteiger partial charge in [0.05, 0.1) is 13.5 Å². The Morgan fingerprint density at radius 3 is 2.46 bits per heavy atom. The average molecular weight is 345 g/mol. The quantitative estimate of drug-likeness (QED) is 0.853. The molecule has 1 heterocycles. The standard InChI is InChI=1S/C19H21ClN2O2/c1-24-18-4-2-3-17(14-18)21-9-11-22(12-10-21)19(23)13-15-5-7-16(20)8-6-15/h2-8,14H,9-13H2,1H3. The third-order valence-electron chi connectivity index (χ3n) is 4.32. The van der Waals surface area contributed by atoms with Gasteiger partial charge in [-0.3, -0.25) is 4.79 Å². The monoisotopic (exact) mass is 344 g/mol. The number of ether oxygens (including phenoxy) is 1. The van der Waals surface area contributed by atoms with Gasteiger partial charge in [-0.05, 0) is 29.8 Å². The summed E-state index contributed by atoms with van der Waals surface area (Å²) in [6.45, 7) is 3.15. The molecule has 0 aliphatic carbocycles. The summed E-state index contributed by atoms with van der Waals surface area (Å²) < 4.78 is 5.28. The van der Waals surface area contributed by atoms with Crippen molar-refractivity contribution in [2.75, 3.05) is 38.2 Å². The molecule has 0 bridgehead atoms. The lowest BCUT2D eigenvalue weighted by Gasteiger charge is -2.36. The van der Waals surface area contributed by atoms with Crippen molar-refractivity contribution in [1.82, 2.24) is 4.90 Å². The second kappa shape index (κ2) is 7.58. The Labute approximate surface area is 147 Å². The van der Waals surface area contributed by atoms with E-state index < -0.39 is 0 Å². The van der Waals surface area contributed by atoms with E-state index in [0.29, 0.717) is 11.4 Å². The molecule has 2 aromatic carbocycles. The minimum atomic E-state index is 0.169. The summed E-state index contributed by atoms with van der Waals surface area (Å²) in [4.78, 5) is 16.7. The molecule has 3 rings (SSSR count). The van der Waals surface area contributed by atoms with E-state index in [2.05, 4.69) is 11.0 Å². The first-order chi connectivity index (χ1) is 11.7. The molecule has 0 aromatic heterocycles. The van der Waals surface area contributed by atoms with Gasteiger partial charge in [-0.25, -0.2) is 0 Å². The van der Waals surface area contributed by atoms with E-state index in [1.54, 1.807) is 7.11 Å². The second-order valence-corrected chi connectivity index (χ2v) is 6.31. The first-order valence-electron chi connectivity index (χ1n) is 8.07. The van der Waals surface area contributed by atoms with E-state index in [9.17, 15) is 4.79 Å². The van der Waals surface area contributed by atoms with Crippen LogP contribution in [0.15, 0.2) is 48.5 Å². The molecular weight excluding hydrogens is 324 g/mol. The lowest BCUT2D eigenvalue weighted by molar-refractivity contribution is -0.130. The fourth-order valence-electron chi connectivity index (χ4n) is 2.91. The number of piperazine rings is 1. The minimum absolute atomic E-state index is 0.169. The molecule has 24 heavy (non-hydrogen) atoms. The van der Waals surface area contributed by atoms with E-state index in [1.165, 1.54) is 0 Å². The molecule has 2 aromatic rings. The molecule has 0 unspecified atom stereocenters. The summed E-state index contributed by atoms with van der Waals surface area (Å²) in [5.41, 5.74) is 2.14. The van der Waals surface area contributed by atoms with Gasteiger partial charge in [0.1, 0.15) is 5.75 Å². The average Bonchev–Trinajstić information content (AvgIpc) is 2.64. The van der Waals surface area contributed by atoms with E-state index in [1.807, 2.05) is 47.4 Å². The van der Waals surface area contributed by atoms with Gasteiger partial charge >= 0.3 is 0 Å². The molecule has 5 heteroatoms. The Balaban J connectivity index is 1.56. The molecule has 1 amide bonds. The van der Waals surface area contributed by atoms with E-state index in [-0.39, 0.29) is 5.91 Å². The summed E-state index contributed by atoms with van der Waals surface area (Å²) in [6, 6.07) is 15.5. The maximum Gasteiger partial charge on any atom is 0.227 e. The molecule has 4 nitrogen and oxygen atoms in total. The maximum atomic E-state index is 12.5. The molecule has 1 saturated heterocycles. The van der Waals surface area contributed by atoms with Crippen LogP contribution in [0.25, 0.3) is 0 Å². The van der Waals surface area contributed by atoms with Crippen molar-refractivity contribution in [2.24, 2.45) is 0 Å². The van der Waals surface area contributed by atoms with Crippen LogP contribution >= 0.6 is 11.6 Å². The normalized spacial score (nSPS) is 14.6. The molecular formula is C19H21ClN2O2. The SMILES string of the molecule is COc1cccc(N2CCN(C(=O)Cc3ccc(Cl)cc3)CC2)c1. The van der Waals surface area contributed by atoms with Crippen molar-refractivity contribution in [3.05, 3.63) is 59.1 Å². The Hall–Kier alpha value is -2.20. The van der Waals surface area contributed by atoms with Crippen molar-refractivity contribution in [3.8, 4) is 5.75 Å². The Morgan fingerprint density at radius 1 is 1.08 bits per heavy atom. The van der Waals surface area contributed by atoms with E-state index in [0.717, 1.165) is 43.2 Å². The van der Waals surface area contributed by atoms with E-state index in [4.69, 9.17) is 16.3 Å². The number of hydrogen-bond acceptors (Lipinski definition) is 3. The van der Waals surface area contributed by atoms with Crippen molar-refractivity contribution < 1.29 is 9.53 Å². The highest BCUT2D eigenvalue weighted by Gasteiger charge is 2.21. The predicted molar refractivity (Wildman–Crippen MR) is 96.9 cm³/mol.